The fourth-order valence-electron chi connectivity index (χ4n) is 3.92. The lowest BCUT2D eigenvalue weighted by atomic mass is 10.1. The quantitative estimate of drug-likeness (QED) is 0.685. The number of hydrogen-bond acceptors (Lipinski definition) is 4. The van der Waals surface area contributed by atoms with Gasteiger partial charge in [-0.15, -0.1) is 0 Å². The normalized spacial score (nSPS) is 15.7. The van der Waals surface area contributed by atoms with E-state index in [-0.39, 0.29) is 18.4 Å². The van der Waals surface area contributed by atoms with Crippen molar-refractivity contribution in [1.29, 1.82) is 0 Å². The molecule has 2 aromatic carbocycles. The van der Waals surface area contributed by atoms with Crippen LogP contribution in [0.15, 0.2) is 63.8 Å². The minimum Gasteiger partial charge on any atom is -0.408 e. The summed E-state index contributed by atoms with van der Waals surface area (Å²) in [6, 6.07) is 17.8. The molecule has 0 bridgehead atoms. The molecule has 2 heterocycles. The average molecular weight is 379 g/mol. The van der Waals surface area contributed by atoms with Crippen LogP contribution in [-0.4, -0.2) is 35.0 Å². The summed E-state index contributed by atoms with van der Waals surface area (Å²) in [5.74, 6) is -0.481. The van der Waals surface area contributed by atoms with Gasteiger partial charge in [0.2, 0.25) is 5.91 Å². The number of carbonyl (C=O) groups is 1. The molecule has 1 aliphatic rings. The molecule has 1 amide bonds. The third-order valence-electron chi connectivity index (χ3n) is 5.39. The van der Waals surface area contributed by atoms with Gasteiger partial charge >= 0.3 is 5.76 Å². The predicted molar refractivity (Wildman–Crippen MR) is 108 cm³/mol. The van der Waals surface area contributed by atoms with Crippen LogP contribution in [0, 0.1) is 0 Å². The standard InChI is InChI=1S/C22H25N3O3/c26-21(12-15-25-18-10-4-5-11-20(18)28-22(25)27)23-16-19(24-13-6-7-14-24)17-8-2-1-3-9-17/h1-5,8-11,19H,6-7,12-16H2,(H,23,26). The summed E-state index contributed by atoms with van der Waals surface area (Å²) in [7, 11) is 0. The third kappa shape index (κ3) is 4.02. The van der Waals surface area contributed by atoms with Crippen LogP contribution < -0.4 is 11.1 Å². The monoisotopic (exact) mass is 379 g/mol. The minimum absolute atomic E-state index is 0.0580. The molecule has 28 heavy (non-hydrogen) atoms. The molecule has 1 atom stereocenters. The molecule has 146 valence electrons. The number of nitrogens with one attached hydrogen (secondary N) is 1. The van der Waals surface area contributed by atoms with E-state index in [1.807, 2.05) is 36.4 Å². The number of aromatic nitrogens is 1. The number of rotatable bonds is 7. The summed E-state index contributed by atoms with van der Waals surface area (Å²) >= 11 is 0. The van der Waals surface area contributed by atoms with Crippen molar-refractivity contribution in [1.82, 2.24) is 14.8 Å². The maximum Gasteiger partial charge on any atom is 0.419 e. The van der Waals surface area contributed by atoms with E-state index in [1.165, 1.54) is 23.0 Å². The maximum absolute atomic E-state index is 12.5. The highest BCUT2D eigenvalue weighted by Crippen LogP contribution is 2.24. The Kier molecular flexibility index (Phi) is 5.58. The summed E-state index contributed by atoms with van der Waals surface area (Å²) in [6.07, 6.45) is 2.65. The molecule has 1 N–H and O–H groups in total. The Bertz CT molecular complexity index is 987. The van der Waals surface area contributed by atoms with Gasteiger partial charge in [0.25, 0.3) is 0 Å². The van der Waals surface area contributed by atoms with E-state index < -0.39 is 5.76 Å². The number of amides is 1. The van der Waals surface area contributed by atoms with E-state index in [0.29, 0.717) is 18.7 Å². The molecule has 1 unspecified atom stereocenters. The predicted octanol–water partition coefficient (Wildman–Crippen LogP) is 2.94. The van der Waals surface area contributed by atoms with Gasteiger partial charge in [-0.3, -0.25) is 14.3 Å². The number of nitrogens with zero attached hydrogens (tertiary/aromatic N) is 2. The van der Waals surface area contributed by atoms with Crippen molar-refractivity contribution in [3.05, 3.63) is 70.7 Å². The number of benzene rings is 2. The van der Waals surface area contributed by atoms with Crippen LogP contribution in [0.5, 0.6) is 0 Å². The molecule has 6 heteroatoms. The molecule has 3 aromatic rings. The first-order valence-corrected chi connectivity index (χ1v) is 9.86. The molecule has 4 rings (SSSR count). The first-order chi connectivity index (χ1) is 13.7. The Morgan fingerprint density at radius 3 is 2.54 bits per heavy atom. The van der Waals surface area contributed by atoms with E-state index in [0.717, 1.165) is 18.6 Å². The number of para-hydroxylation sites is 2. The van der Waals surface area contributed by atoms with Gasteiger partial charge in [0, 0.05) is 19.5 Å². The third-order valence-corrected chi connectivity index (χ3v) is 5.39. The van der Waals surface area contributed by atoms with E-state index in [2.05, 4.69) is 22.3 Å². The van der Waals surface area contributed by atoms with Crippen LogP contribution in [0.3, 0.4) is 0 Å². The SMILES string of the molecule is O=C(CCn1c(=O)oc2ccccc21)NCC(c1ccccc1)N1CCCC1. The zero-order valence-electron chi connectivity index (χ0n) is 15.8. The van der Waals surface area contributed by atoms with Crippen molar-refractivity contribution in [2.24, 2.45) is 0 Å². The highest BCUT2D eigenvalue weighted by Gasteiger charge is 2.23. The second-order valence-corrected chi connectivity index (χ2v) is 7.21. The highest BCUT2D eigenvalue weighted by atomic mass is 16.4. The minimum atomic E-state index is -0.423. The number of aryl methyl sites for hydroxylation is 1. The maximum atomic E-state index is 12.5. The highest BCUT2D eigenvalue weighted by molar-refractivity contribution is 5.76. The van der Waals surface area contributed by atoms with Crippen molar-refractivity contribution < 1.29 is 9.21 Å². The fourth-order valence-corrected chi connectivity index (χ4v) is 3.92. The Balaban J connectivity index is 1.38. The summed E-state index contributed by atoms with van der Waals surface area (Å²) in [5.41, 5.74) is 2.49. The van der Waals surface area contributed by atoms with Crippen LogP contribution in [0.1, 0.15) is 30.9 Å². The van der Waals surface area contributed by atoms with Gasteiger partial charge in [-0.25, -0.2) is 4.79 Å². The molecule has 1 aliphatic heterocycles. The van der Waals surface area contributed by atoms with Crippen molar-refractivity contribution in [3.8, 4) is 0 Å². The second kappa shape index (κ2) is 8.44. The summed E-state index contributed by atoms with van der Waals surface area (Å²) in [6.45, 7) is 3.00. The van der Waals surface area contributed by atoms with Crippen molar-refractivity contribution in [2.45, 2.75) is 31.8 Å². The Hall–Kier alpha value is -2.86. The molecule has 0 spiro atoms. The zero-order valence-corrected chi connectivity index (χ0v) is 15.8. The largest absolute Gasteiger partial charge is 0.419 e. The molecule has 6 nitrogen and oxygen atoms in total. The molecule has 0 saturated carbocycles. The number of oxazole rings is 1. The summed E-state index contributed by atoms with van der Waals surface area (Å²) in [5, 5.41) is 3.06. The number of hydrogen-bond donors (Lipinski definition) is 1. The van der Waals surface area contributed by atoms with Crippen molar-refractivity contribution in [3.63, 3.8) is 0 Å². The Labute approximate surface area is 163 Å². The van der Waals surface area contributed by atoms with Gasteiger partial charge in [-0.2, -0.15) is 0 Å². The van der Waals surface area contributed by atoms with E-state index in [9.17, 15) is 9.59 Å². The number of likely N-dealkylation sites (tertiary alicyclic amines) is 1. The molecule has 1 saturated heterocycles. The lowest BCUT2D eigenvalue weighted by Gasteiger charge is -2.28. The lowest BCUT2D eigenvalue weighted by Crippen LogP contribution is -2.37. The first-order valence-electron chi connectivity index (χ1n) is 9.86. The zero-order chi connectivity index (χ0) is 19.3. The van der Waals surface area contributed by atoms with Crippen LogP contribution in [0.4, 0.5) is 0 Å². The van der Waals surface area contributed by atoms with Crippen LogP contribution in [0.25, 0.3) is 11.1 Å². The second-order valence-electron chi connectivity index (χ2n) is 7.21. The average Bonchev–Trinajstić information content (AvgIpc) is 3.35. The van der Waals surface area contributed by atoms with E-state index in [1.54, 1.807) is 6.07 Å². The van der Waals surface area contributed by atoms with Crippen LogP contribution in [-0.2, 0) is 11.3 Å². The fraction of sp³-hybridized carbons (Fsp3) is 0.364. The Morgan fingerprint density at radius 1 is 1.04 bits per heavy atom. The summed E-state index contributed by atoms with van der Waals surface area (Å²) < 4.78 is 6.74. The number of carbonyl (C=O) groups excluding carboxylic acids is 1. The molecule has 1 aromatic heterocycles. The van der Waals surface area contributed by atoms with E-state index in [4.69, 9.17) is 4.42 Å². The Morgan fingerprint density at radius 2 is 1.75 bits per heavy atom. The van der Waals surface area contributed by atoms with Gasteiger partial charge in [0.1, 0.15) is 0 Å². The topological polar surface area (TPSA) is 67.5 Å². The van der Waals surface area contributed by atoms with Gasteiger partial charge < -0.3 is 9.73 Å². The van der Waals surface area contributed by atoms with Crippen LogP contribution >= 0.6 is 0 Å². The summed E-state index contributed by atoms with van der Waals surface area (Å²) in [4.78, 5) is 26.9. The van der Waals surface area contributed by atoms with Crippen molar-refractivity contribution in [2.75, 3.05) is 19.6 Å². The van der Waals surface area contributed by atoms with Crippen molar-refractivity contribution >= 4 is 17.0 Å². The molecular weight excluding hydrogens is 354 g/mol. The van der Waals surface area contributed by atoms with Gasteiger partial charge in [-0.1, -0.05) is 42.5 Å². The lowest BCUT2D eigenvalue weighted by molar-refractivity contribution is -0.121. The number of fused-ring (bicyclic) bond motifs is 1. The molecule has 1 fully saturated rings. The molecular formula is C22H25N3O3. The molecule has 0 radical (unpaired) electrons. The molecule has 0 aliphatic carbocycles. The van der Waals surface area contributed by atoms with Gasteiger partial charge in [-0.05, 0) is 43.6 Å². The smallest absolute Gasteiger partial charge is 0.408 e. The van der Waals surface area contributed by atoms with Gasteiger partial charge in [0.15, 0.2) is 5.58 Å². The first kappa shape index (κ1) is 18.5. The van der Waals surface area contributed by atoms with E-state index >= 15 is 0 Å². The van der Waals surface area contributed by atoms with Gasteiger partial charge in [0.05, 0.1) is 11.6 Å². The van der Waals surface area contributed by atoms with Crippen LogP contribution in [0.2, 0.25) is 0 Å².